The van der Waals surface area contributed by atoms with Crippen molar-refractivity contribution in [2.75, 3.05) is 6.61 Å². The fraction of sp³-hybridized carbons (Fsp3) is 0.400. The van der Waals surface area contributed by atoms with E-state index in [2.05, 4.69) is 21.2 Å². The lowest BCUT2D eigenvalue weighted by Gasteiger charge is -2.27. The van der Waals surface area contributed by atoms with Gasteiger partial charge in [-0.1, -0.05) is 29.8 Å². The van der Waals surface area contributed by atoms with Crippen molar-refractivity contribution in [1.82, 2.24) is 5.32 Å². The molecule has 0 aliphatic heterocycles. The molecule has 0 aliphatic carbocycles. The molecule has 0 aliphatic rings. The Labute approximate surface area is 136 Å². The zero-order chi connectivity index (χ0) is 16.9. The molecule has 0 spiro atoms. The minimum Gasteiger partial charge on any atom is -0.452 e. The first-order valence-corrected chi connectivity index (χ1v) is 7.33. The van der Waals surface area contributed by atoms with E-state index in [1.165, 1.54) is 12.1 Å². The van der Waals surface area contributed by atoms with Crippen LogP contribution in [0.5, 0.6) is 0 Å². The number of rotatable bonds is 5. The van der Waals surface area contributed by atoms with Gasteiger partial charge < -0.3 is 10.1 Å². The van der Waals surface area contributed by atoms with Crippen molar-refractivity contribution < 1.29 is 18.7 Å². The number of hydrogen-bond donors (Lipinski definition) is 1. The molecule has 0 bridgehead atoms. The molecule has 0 saturated heterocycles. The van der Waals surface area contributed by atoms with E-state index in [0.717, 1.165) is 6.07 Å². The molecule has 0 radical (unpaired) electrons. The summed E-state index contributed by atoms with van der Waals surface area (Å²) < 4.78 is 18.8. The first-order chi connectivity index (χ1) is 10.2. The van der Waals surface area contributed by atoms with Gasteiger partial charge in [0.1, 0.15) is 11.4 Å². The first kappa shape index (κ1) is 18.1. The van der Waals surface area contributed by atoms with Crippen molar-refractivity contribution in [1.29, 1.82) is 5.26 Å². The van der Waals surface area contributed by atoms with E-state index < -0.39 is 29.8 Å². The van der Waals surface area contributed by atoms with E-state index in [4.69, 9.17) is 10.00 Å². The Kier molecular flexibility index (Phi) is 6.06. The van der Waals surface area contributed by atoms with Gasteiger partial charge in [0.05, 0.1) is 11.6 Å². The SMILES string of the molecule is CC(C)[C@@](C)(C#N)NC(=O)COC(=O)c1ccc(Br)cc1F. The molecule has 5 nitrogen and oxygen atoms in total. The van der Waals surface area contributed by atoms with Crippen molar-refractivity contribution in [2.24, 2.45) is 5.92 Å². The summed E-state index contributed by atoms with van der Waals surface area (Å²) in [5, 5.41) is 11.6. The number of nitrogens with one attached hydrogen (secondary N) is 1. The summed E-state index contributed by atoms with van der Waals surface area (Å²) in [6, 6.07) is 5.88. The molecule has 118 valence electrons. The van der Waals surface area contributed by atoms with Crippen molar-refractivity contribution >= 4 is 27.8 Å². The highest BCUT2D eigenvalue weighted by atomic mass is 79.9. The van der Waals surface area contributed by atoms with Gasteiger partial charge in [-0.05, 0) is 31.0 Å². The Balaban J connectivity index is 2.65. The number of ether oxygens (including phenoxy) is 1. The highest BCUT2D eigenvalue weighted by Crippen LogP contribution is 2.17. The fourth-order valence-electron chi connectivity index (χ4n) is 1.49. The van der Waals surface area contributed by atoms with Gasteiger partial charge in [-0.25, -0.2) is 9.18 Å². The fourth-order valence-corrected chi connectivity index (χ4v) is 1.82. The van der Waals surface area contributed by atoms with E-state index in [-0.39, 0.29) is 11.5 Å². The van der Waals surface area contributed by atoms with Gasteiger partial charge in [0.2, 0.25) is 0 Å². The topological polar surface area (TPSA) is 79.2 Å². The summed E-state index contributed by atoms with van der Waals surface area (Å²) >= 11 is 3.08. The molecule has 1 aromatic rings. The van der Waals surface area contributed by atoms with Gasteiger partial charge >= 0.3 is 5.97 Å². The van der Waals surface area contributed by atoms with E-state index in [1.54, 1.807) is 20.8 Å². The molecule has 0 fully saturated rings. The van der Waals surface area contributed by atoms with Crippen LogP contribution < -0.4 is 5.32 Å². The molecule has 1 N–H and O–H groups in total. The van der Waals surface area contributed by atoms with E-state index in [0.29, 0.717) is 4.47 Å². The van der Waals surface area contributed by atoms with Crippen LogP contribution in [0.1, 0.15) is 31.1 Å². The monoisotopic (exact) mass is 370 g/mol. The maximum atomic E-state index is 13.6. The van der Waals surface area contributed by atoms with Gasteiger partial charge in [-0.2, -0.15) is 5.26 Å². The lowest BCUT2D eigenvalue weighted by Crippen LogP contribution is -2.50. The summed E-state index contributed by atoms with van der Waals surface area (Å²) in [6.07, 6.45) is 0. The third kappa shape index (κ3) is 4.53. The van der Waals surface area contributed by atoms with Crippen molar-refractivity contribution in [3.8, 4) is 6.07 Å². The van der Waals surface area contributed by atoms with Crippen LogP contribution in [-0.4, -0.2) is 24.0 Å². The second kappa shape index (κ2) is 7.36. The number of nitriles is 1. The average Bonchev–Trinajstić information content (AvgIpc) is 2.44. The van der Waals surface area contributed by atoms with Gasteiger partial charge in [0.15, 0.2) is 6.61 Å². The lowest BCUT2D eigenvalue weighted by atomic mass is 9.90. The van der Waals surface area contributed by atoms with Gasteiger partial charge in [-0.3, -0.25) is 4.79 Å². The maximum Gasteiger partial charge on any atom is 0.341 e. The molecule has 1 amide bonds. The molecule has 22 heavy (non-hydrogen) atoms. The highest BCUT2D eigenvalue weighted by molar-refractivity contribution is 9.10. The molecule has 0 heterocycles. The van der Waals surface area contributed by atoms with Gasteiger partial charge in [-0.15, -0.1) is 0 Å². The molecular formula is C15H16BrFN2O3. The van der Waals surface area contributed by atoms with Crippen molar-refractivity contribution in [3.05, 3.63) is 34.1 Å². The maximum absolute atomic E-state index is 13.6. The van der Waals surface area contributed by atoms with Crippen LogP contribution >= 0.6 is 15.9 Å². The van der Waals surface area contributed by atoms with Crippen LogP contribution in [0.4, 0.5) is 4.39 Å². The van der Waals surface area contributed by atoms with Crippen molar-refractivity contribution in [3.63, 3.8) is 0 Å². The standard InChI is InChI=1S/C15H16BrFN2O3/c1-9(2)15(3,8-18)19-13(20)7-22-14(21)11-5-4-10(16)6-12(11)17/h4-6,9H,7H2,1-3H3,(H,19,20)/t15-/m1/s1. The zero-order valence-corrected chi connectivity index (χ0v) is 14.0. The Hall–Kier alpha value is -1.94. The van der Waals surface area contributed by atoms with Gasteiger partial charge in [0.25, 0.3) is 5.91 Å². The molecule has 1 atom stereocenters. The normalized spacial score (nSPS) is 13.1. The quantitative estimate of drug-likeness (QED) is 0.808. The largest absolute Gasteiger partial charge is 0.452 e. The minimum absolute atomic E-state index is 0.124. The number of hydrogen-bond acceptors (Lipinski definition) is 4. The predicted octanol–water partition coefficient (Wildman–Crippen LogP) is 2.80. The summed E-state index contributed by atoms with van der Waals surface area (Å²) in [7, 11) is 0. The number of benzene rings is 1. The zero-order valence-electron chi connectivity index (χ0n) is 12.4. The van der Waals surface area contributed by atoms with Crippen LogP contribution in [0.3, 0.4) is 0 Å². The Morgan fingerprint density at radius 1 is 1.50 bits per heavy atom. The molecular weight excluding hydrogens is 355 g/mol. The van der Waals surface area contributed by atoms with Crippen LogP contribution in [0, 0.1) is 23.1 Å². The summed E-state index contributed by atoms with van der Waals surface area (Å²) in [4.78, 5) is 23.5. The van der Waals surface area contributed by atoms with E-state index in [1.807, 2.05) is 6.07 Å². The lowest BCUT2D eigenvalue weighted by molar-refractivity contribution is -0.125. The molecule has 0 saturated carbocycles. The summed E-state index contributed by atoms with van der Waals surface area (Å²) in [5.74, 6) is -2.43. The molecule has 7 heteroatoms. The highest BCUT2D eigenvalue weighted by Gasteiger charge is 2.30. The summed E-state index contributed by atoms with van der Waals surface area (Å²) in [5.41, 5.74) is -1.32. The smallest absolute Gasteiger partial charge is 0.341 e. The number of nitrogens with zero attached hydrogens (tertiary/aromatic N) is 1. The Morgan fingerprint density at radius 2 is 2.14 bits per heavy atom. The third-order valence-corrected chi connectivity index (χ3v) is 3.76. The van der Waals surface area contributed by atoms with Crippen LogP contribution in [0.15, 0.2) is 22.7 Å². The average molecular weight is 371 g/mol. The van der Waals surface area contributed by atoms with E-state index in [9.17, 15) is 14.0 Å². The molecule has 1 aromatic carbocycles. The Morgan fingerprint density at radius 3 is 2.64 bits per heavy atom. The molecule has 1 rings (SSSR count). The Bertz CT molecular complexity index is 628. The van der Waals surface area contributed by atoms with Crippen LogP contribution in [0.2, 0.25) is 0 Å². The number of esters is 1. The molecule has 0 unspecified atom stereocenters. The van der Waals surface area contributed by atoms with Crippen LogP contribution in [-0.2, 0) is 9.53 Å². The number of carbonyl (C=O) groups excluding carboxylic acids is 2. The predicted molar refractivity (Wildman–Crippen MR) is 81.4 cm³/mol. The number of amides is 1. The van der Waals surface area contributed by atoms with Crippen LogP contribution in [0.25, 0.3) is 0 Å². The third-order valence-electron chi connectivity index (χ3n) is 3.27. The first-order valence-electron chi connectivity index (χ1n) is 6.54. The number of halogens is 2. The summed E-state index contributed by atoms with van der Waals surface area (Å²) in [6.45, 7) is 4.56. The molecule has 0 aromatic heterocycles. The van der Waals surface area contributed by atoms with Crippen molar-refractivity contribution in [2.45, 2.75) is 26.3 Å². The van der Waals surface area contributed by atoms with E-state index >= 15 is 0 Å². The second-order valence-corrected chi connectivity index (χ2v) is 6.13. The minimum atomic E-state index is -1.06. The number of carbonyl (C=O) groups is 2. The second-order valence-electron chi connectivity index (χ2n) is 5.22. The van der Waals surface area contributed by atoms with Gasteiger partial charge in [0, 0.05) is 4.47 Å².